The van der Waals surface area contributed by atoms with E-state index in [1.54, 1.807) is 11.3 Å². The van der Waals surface area contributed by atoms with Crippen LogP contribution in [0.1, 0.15) is 72.4 Å². The quantitative estimate of drug-likeness (QED) is 0.313. The molecule has 1 aliphatic rings. The first-order valence-corrected chi connectivity index (χ1v) is 14.2. The van der Waals surface area contributed by atoms with Crippen molar-refractivity contribution in [3.63, 3.8) is 0 Å². The summed E-state index contributed by atoms with van der Waals surface area (Å²) in [4.78, 5) is 32.8. The molecule has 0 bridgehead atoms. The van der Waals surface area contributed by atoms with E-state index >= 15 is 0 Å². The second-order valence-electron chi connectivity index (χ2n) is 10.6. The minimum atomic E-state index is -0.433. The van der Waals surface area contributed by atoms with Crippen LogP contribution in [0.3, 0.4) is 0 Å². The largest absolute Gasteiger partial charge is 0.355 e. The van der Waals surface area contributed by atoms with Gasteiger partial charge in [0.2, 0.25) is 5.91 Å². The standard InChI is InChI=1S/C31H39N3O2S/c1-22(2)20-34-29(27-16-10-19-37-27)28(25-14-8-9-15-26(25)31(34)36)30(35)32-17-11-18-33(23(3)4)21-24-12-6-5-7-13-24/h5-10,12-16,19,22-23,28-29H,11,17-18,20-21H2,1-4H3,(H,32,35)/t28-,29-/m0/s1. The zero-order valence-electron chi connectivity index (χ0n) is 22.4. The average Bonchev–Trinajstić information content (AvgIpc) is 3.42. The summed E-state index contributed by atoms with van der Waals surface area (Å²) in [5.74, 6) is -0.129. The molecule has 5 nitrogen and oxygen atoms in total. The van der Waals surface area contributed by atoms with E-state index in [9.17, 15) is 9.59 Å². The van der Waals surface area contributed by atoms with Crippen LogP contribution in [-0.4, -0.2) is 47.3 Å². The van der Waals surface area contributed by atoms with Gasteiger partial charge in [0.15, 0.2) is 0 Å². The summed E-state index contributed by atoms with van der Waals surface area (Å²) < 4.78 is 0. The number of hydrogen-bond donors (Lipinski definition) is 1. The molecule has 3 aromatic rings. The van der Waals surface area contributed by atoms with Gasteiger partial charge in [-0.05, 0) is 54.8 Å². The topological polar surface area (TPSA) is 52.7 Å². The number of carbonyl (C=O) groups excluding carboxylic acids is 2. The van der Waals surface area contributed by atoms with Gasteiger partial charge in [0, 0.05) is 42.7 Å². The highest BCUT2D eigenvalue weighted by Gasteiger charge is 2.44. The molecule has 0 saturated heterocycles. The summed E-state index contributed by atoms with van der Waals surface area (Å²) >= 11 is 1.61. The summed E-state index contributed by atoms with van der Waals surface area (Å²) in [5, 5.41) is 5.26. The number of fused-ring (bicyclic) bond motifs is 1. The lowest BCUT2D eigenvalue weighted by atomic mass is 9.81. The first-order chi connectivity index (χ1) is 17.9. The number of hydrogen-bond acceptors (Lipinski definition) is 4. The van der Waals surface area contributed by atoms with Crippen LogP contribution in [0.4, 0.5) is 0 Å². The predicted molar refractivity (Wildman–Crippen MR) is 152 cm³/mol. The van der Waals surface area contributed by atoms with Gasteiger partial charge in [-0.25, -0.2) is 0 Å². The lowest BCUT2D eigenvalue weighted by molar-refractivity contribution is -0.124. The van der Waals surface area contributed by atoms with Gasteiger partial charge < -0.3 is 10.2 Å². The Morgan fingerprint density at radius 3 is 2.41 bits per heavy atom. The van der Waals surface area contributed by atoms with Crippen molar-refractivity contribution >= 4 is 23.2 Å². The highest BCUT2D eigenvalue weighted by molar-refractivity contribution is 7.10. The third kappa shape index (κ3) is 6.49. The molecule has 1 aromatic heterocycles. The second-order valence-corrected chi connectivity index (χ2v) is 11.6. The molecule has 37 heavy (non-hydrogen) atoms. The summed E-state index contributed by atoms with van der Waals surface area (Å²) in [7, 11) is 0. The average molecular weight is 518 g/mol. The minimum Gasteiger partial charge on any atom is -0.355 e. The Kier molecular flexibility index (Phi) is 9.17. The van der Waals surface area contributed by atoms with Crippen molar-refractivity contribution in [3.8, 4) is 0 Å². The lowest BCUT2D eigenvalue weighted by Crippen LogP contribution is -2.48. The first-order valence-electron chi connectivity index (χ1n) is 13.4. The molecular formula is C31H39N3O2S. The zero-order chi connectivity index (χ0) is 26.4. The number of benzene rings is 2. The Hall–Kier alpha value is -2.96. The molecule has 0 radical (unpaired) electrons. The highest BCUT2D eigenvalue weighted by Crippen LogP contribution is 2.44. The van der Waals surface area contributed by atoms with Crippen molar-refractivity contribution in [1.29, 1.82) is 0 Å². The fraction of sp³-hybridized carbons (Fsp3) is 0.419. The smallest absolute Gasteiger partial charge is 0.254 e. The maximum Gasteiger partial charge on any atom is 0.254 e. The van der Waals surface area contributed by atoms with Crippen LogP contribution in [0.15, 0.2) is 72.1 Å². The fourth-order valence-electron chi connectivity index (χ4n) is 5.19. The van der Waals surface area contributed by atoms with E-state index in [-0.39, 0.29) is 17.9 Å². The van der Waals surface area contributed by atoms with Crippen molar-refractivity contribution < 1.29 is 9.59 Å². The van der Waals surface area contributed by atoms with Crippen molar-refractivity contribution in [3.05, 3.63) is 93.7 Å². The second kappa shape index (κ2) is 12.5. The molecule has 2 amide bonds. The highest BCUT2D eigenvalue weighted by atomic mass is 32.1. The maximum atomic E-state index is 13.8. The van der Waals surface area contributed by atoms with E-state index < -0.39 is 5.92 Å². The van der Waals surface area contributed by atoms with Crippen LogP contribution in [0.5, 0.6) is 0 Å². The van der Waals surface area contributed by atoms with Gasteiger partial charge in [-0.1, -0.05) is 68.4 Å². The fourth-order valence-corrected chi connectivity index (χ4v) is 6.06. The van der Waals surface area contributed by atoms with Gasteiger partial charge in [0.05, 0.1) is 12.0 Å². The van der Waals surface area contributed by atoms with E-state index in [4.69, 9.17) is 0 Å². The van der Waals surface area contributed by atoms with Crippen molar-refractivity contribution in [2.75, 3.05) is 19.6 Å². The van der Waals surface area contributed by atoms with Crippen LogP contribution in [-0.2, 0) is 11.3 Å². The Balaban J connectivity index is 1.50. The molecule has 4 rings (SSSR count). The molecule has 0 unspecified atom stereocenters. The molecular weight excluding hydrogens is 478 g/mol. The number of rotatable bonds is 11. The summed E-state index contributed by atoms with van der Waals surface area (Å²) in [5.41, 5.74) is 2.77. The lowest BCUT2D eigenvalue weighted by Gasteiger charge is -2.42. The van der Waals surface area contributed by atoms with E-state index in [2.05, 4.69) is 62.2 Å². The monoisotopic (exact) mass is 517 g/mol. The molecule has 1 aliphatic heterocycles. The van der Waals surface area contributed by atoms with Crippen LogP contribution in [0.2, 0.25) is 0 Å². The number of carbonyl (C=O) groups is 2. The van der Waals surface area contributed by atoms with Crippen LogP contribution < -0.4 is 5.32 Å². The zero-order valence-corrected chi connectivity index (χ0v) is 23.2. The number of amides is 2. The molecule has 2 heterocycles. The molecule has 0 spiro atoms. The molecule has 2 atom stereocenters. The van der Waals surface area contributed by atoms with Crippen LogP contribution in [0, 0.1) is 5.92 Å². The van der Waals surface area contributed by atoms with Crippen molar-refractivity contribution in [2.24, 2.45) is 5.92 Å². The Morgan fingerprint density at radius 2 is 1.73 bits per heavy atom. The van der Waals surface area contributed by atoms with Crippen LogP contribution >= 0.6 is 11.3 Å². The number of nitrogens with one attached hydrogen (secondary N) is 1. The molecule has 196 valence electrons. The minimum absolute atomic E-state index is 0.00809. The predicted octanol–water partition coefficient (Wildman–Crippen LogP) is 6.10. The van der Waals surface area contributed by atoms with Gasteiger partial charge in [-0.3, -0.25) is 14.5 Å². The van der Waals surface area contributed by atoms with Gasteiger partial charge in [0.1, 0.15) is 0 Å². The number of thiophene rings is 1. The molecule has 2 aromatic carbocycles. The maximum absolute atomic E-state index is 13.8. The molecule has 1 N–H and O–H groups in total. The van der Waals surface area contributed by atoms with Crippen molar-refractivity contribution in [1.82, 2.24) is 15.1 Å². The summed E-state index contributed by atoms with van der Waals surface area (Å²) in [6.07, 6.45) is 0.865. The van der Waals surface area contributed by atoms with E-state index in [1.807, 2.05) is 52.7 Å². The van der Waals surface area contributed by atoms with E-state index in [1.165, 1.54) is 5.56 Å². The van der Waals surface area contributed by atoms with Gasteiger partial charge in [-0.15, -0.1) is 11.3 Å². The molecule has 6 heteroatoms. The van der Waals surface area contributed by atoms with Crippen LogP contribution in [0.25, 0.3) is 0 Å². The van der Waals surface area contributed by atoms with E-state index in [0.717, 1.165) is 30.0 Å². The third-order valence-corrected chi connectivity index (χ3v) is 7.94. The summed E-state index contributed by atoms with van der Waals surface area (Å²) in [6, 6.07) is 22.3. The molecule has 0 saturated carbocycles. The van der Waals surface area contributed by atoms with E-state index in [0.29, 0.717) is 30.6 Å². The third-order valence-electron chi connectivity index (χ3n) is 7.00. The first kappa shape index (κ1) is 27.1. The van der Waals surface area contributed by atoms with Gasteiger partial charge in [0.25, 0.3) is 5.91 Å². The Morgan fingerprint density at radius 1 is 1.00 bits per heavy atom. The van der Waals surface area contributed by atoms with Gasteiger partial charge in [-0.2, -0.15) is 0 Å². The Labute approximate surface area is 225 Å². The van der Waals surface area contributed by atoms with Crippen molar-refractivity contribution in [2.45, 2.75) is 58.7 Å². The normalized spacial score (nSPS) is 17.5. The van der Waals surface area contributed by atoms with Gasteiger partial charge >= 0.3 is 0 Å². The Bertz CT molecular complexity index is 1160. The number of nitrogens with zero attached hydrogens (tertiary/aromatic N) is 2. The molecule has 0 aliphatic carbocycles. The SMILES string of the molecule is CC(C)CN1C(=O)c2ccccc2[C@H](C(=O)NCCCN(Cc2ccccc2)C(C)C)[C@@H]1c1cccs1. The summed E-state index contributed by atoms with van der Waals surface area (Å²) in [6.45, 7) is 11.7. The molecule has 0 fully saturated rings.